The Morgan fingerprint density at radius 3 is 0.982 bits per heavy atom. The summed E-state index contributed by atoms with van der Waals surface area (Å²) in [6.45, 7) is 0.538. The lowest BCUT2D eigenvalue weighted by Crippen LogP contribution is -2.61. The molecule has 42 nitrogen and oxygen atoms in total. The second-order valence-corrected chi connectivity index (χ2v) is 26.3. The molecule has 0 unspecified atom stereocenters. The van der Waals surface area contributed by atoms with Gasteiger partial charge in [-0.15, -0.1) is 0 Å². The number of nitrogens with one attached hydrogen (secondary N) is 23. The molecule has 109 heavy (non-hydrogen) atoms. The highest BCUT2D eigenvalue weighted by atomic mass is 32.2. The summed E-state index contributed by atoms with van der Waals surface area (Å²) < 4.78 is 0. The summed E-state index contributed by atoms with van der Waals surface area (Å²) in [4.78, 5) is 159. The van der Waals surface area contributed by atoms with Crippen molar-refractivity contribution in [1.82, 2.24) is 90.1 Å². The van der Waals surface area contributed by atoms with Gasteiger partial charge in [-0.1, -0.05) is 48.5 Å². The van der Waals surface area contributed by atoms with Crippen LogP contribution >= 0.6 is 11.8 Å². The zero-order chi connectivity index (χ0) is 81.0. The van der Waals surface area contributed by atoms with Gasteiger partial charge < -0.3 is 135 Å². The zero-order valence-electron chi connectivity index (χ0n) is 61.2. The van der Waals surface area contributed by atoms with Crippen molar-refractivity contribution >= 4 is 123 Å². The van der Waals surface area contributed by atoms with Gasteiger partial charge in [-0.25, -0.2) is 0 Å². The van der Waals surface area contributed by atoms with Gasteiger partial charge in [-0.2, -0.15) is 11.8 Å². The van der Waals surface area contributed by atoms with Crippen LogP contribution in [0.4, 0.5) is 0 Å². The van der Waals surface area contributed by atoms with Gasteiger partial charge in [0.25, 0.3) is 0 Å². The number of aromatic nitrogens is 1. The molecule has 602 valence electrons. The van der Waals surface area contributed by atoms with Gasteiger partial charge >= 0.3 is 0 Å². The molecule has 0 fully saturated rings. The maximum Gasteiger partial charge on any atom is 0.245 e. The van der Waals surface area contributed by atoms with Crippen LogP contribution in [0, 0.1) is 32.5 Å². The van der Waals surface area contributed by atoms with Crippen molar-refractivity contribution in [3.8, 4) is 0 Å². The number of fused-ring (bicyclic) bond motifs is 1. The molecule has 43 heteroatoms. The second-order valence-electron chi connectivity index (χ2n) is 25.3. The number of carbonyl (C=O) groups excluding carboxylic acids is 11. The number of nitrogens with two attached hydrogens (primary N) is 7. The number of aliphatic hydroxyl groups is 1. The molecule has 0 saturated carbocycles. The molecule has 0 aliphatic rings. The van der Waals surface area contributed by atoms with E-state index in [0.29, 0.717) is 22.0 Å². The summed E-state index contributed by atoms with van der Waals surface area (Å²) in [5, 5.41) is 98.8. The fraction of sp³-hybridized carbons (Fsp3) is 0.530. The third-order valence-corrected chi connectivity index (χ3v) is 17.1. The van der Waals surface area contributed by atoms with Crippen LogP contribution < -0.4 is 125 Å². The summed E-state index contributed by atoms with van der Waals surface area (Å²) in [7, 11) is 0. The van der Waals surface area contributed by atoms with E-state index in [9.17, 15) is 43.5 Å². The van der Waals surface area contributed by atoms with Gasteiger partial charge in [0.05, 0.1) is 6.61 Å². The van der Waals surface area contributed by atoms with Crippen molar-refractivity contribution in [3.05, 3.63) is 71.9 Å². The number of amides is 11. The number of guanidine groups is 6. The van der Waals surface area contributed by atoms with Crippen molar-refractivity contribution in [2.45, 2.75) is 164 Å². The minimum absolute atomic E-state index is 0.00523. The van der Waals surface area contributed by atoms with E-state index in [4.69, 9.17) is 72.6 Å². The number of rotatable bonds is 52. The molecular weight excluding hydrogens is 1440 g/mol. The summed E-state index contributed by atoms with van der Waals surface area (Å²) in [6.07, 6.45) is 2.56. The van der Waals surface area contributed by atoms with Crippen molar-refractivity contribution in [2.24, 2.45) is 40.1 Å². The van der Waals surface area contributed by atoms with Crippen LogP contribution in [-0.2, 0) is 65.6 Å². The third kappa shape index (κ3) is 36.8. The Bertz CT molecular complexity index is 3570. The predicted molar refractivity (Wildman–Crippen MR) is 411 cm³/mol. The molecule has 0 radical (unpaired) electrons. The molecule has 2 aromatic carbocycles. The molecule has 0 aliphatic heterocycles. The fourth-order valence-corrected chi connectivity index (χ4v) is 11.5. The Kier molecular flexibility index (Phi) is 41.7. The van der Waals surface area contributed by atoms with E-state index in [1.807, 2.05) is 0 Å². The Balaban J connectivity index is 2.16. The number of para-hydroxylation sites is 1. The van der Waals surface area contributed by atoms with Gasteiger partial charge in [-0.3, -0.25) is 85.2 Å². The largest absolute Gasteiger partial charge is 0.394 e. The molecule has 38 N–H and O–H groups in total. The number of benzene rings is 2. The van der Waals surface area contributed by atoms with E-state index in [1.165, 1.54) is 11.8 Å². The molecule has 10 atom stereocenters. The SMILES string of the molecule is CSCC[C@@H](NC(=O)[C@@H](Cc1ccccc1)NC(=O)[C@@H](CO)NC(C)=O)C(=O)N[C@H](CCCNC(=N)N)C(=O)N[C@H](CCCNC(=N)N)C(=O)N[C@H](CCCNC(=N)N)C(=O)N[C@H](Cc1c[nH]c2ccccc12)C(=O)N[C@H](CCCNC(=N)N)C(=O)N[C@H](CCCNC(=N)N)C(=O)N[C@H](CCCNC(=N)N)C(N)=O. The number of hydrogen-bond donors (Lipinski definition) is 31. The van der Waals surface area contributed by atoms with E-state index in [-0.39, 0.29) is 153 Å². The first kappa shape index (κ1) is 91.3. The van der Waals surface area contributed by atoms with Crippen LogP contribution in [0.1, 0.15) is 102 Å². The van der Waals surface area contributed by atoms with E-state index in [2.05, 4.69) is 90.1 Å². The molecule has 0 aliphatic carbocycles. The first-order valence-electron chi connectivity index (χ1n) is 35.3. The fourth-order valence-electron chi connectivity index (χ4n) is 11.0. The maximum absolute atomic E-state index is 15.2. The molecule has 1 aromatic heterocycles. The summed E-state index contributed by atoms with van der Waals surface area (Å²) in [5.41, 5.74) is 40.7. The normalized spacial score (nSPS) is 13.6. The Labute approximate surface area is 634 Å². The highest BCUT2D eigenvalue weighted by Gasteiger charge is 2.37. The lowest BCUT2D eigenvalue weighted by atomic mass is 10.0. The van der Waals surface area contributed by atoms with Gasteiger partial charge in [0.15, 0.2) is 35.8 Å². The average Bonchev–Trinajstić information content (AvgIpc) is 1.70. The van der Waals surface area contributed by atoms with Gasteiger partial charge in [0.2, 0.25) is 65.0 Å². The third-order valence-electron chi connectivity index (χ3n) is 16.5. The van der Waals surface area contributed by atoms with Gasteiger partial charge in [-0.05, 0) is 113 Å². The lowest BCUT2D eigenvalue weighted by molar-refractivity contribution is -0.136. The summed E-state index contributed by atoms with van der Waals surface area (Å²) in [5.74, 6) is -11.9. The van der Waals surface area contributed by atoms with Gasteiger partial charge in [0.1, 0.15) is 60.4 Å². The van der Waals surface area contributed by atoms with Crippen molar-refractivity contribution in [1.29, 1.82) is 32.5 Å². The molecule has 3 rings (SSSR count). The van der Waals surface area contributed by atoms with E-state index >= 15 is 14.4 Å². The highest BCUT2D eigenvalue weighted by molar-refractivity contribution is 7.98. The quantitative estimate of drug-likeness (QED) is 0.0142. The number of H-pyrrole nitrogens is 1. The van der Waals surface area contributed by atoms with Gasteiger partial charge in [0, 0.05) is 76.1 Å². The molecule has 11 amide bonds. The van der Waals surface area contributed by atoms with Crippen molar-refractivity contribution < 1.29 is 57.8 Å². The molecular formula is C66H110N30O12S. The molecule has 3 aromatic rings. The summed E-state index contributed by atoms with van der Waals surface area (Å²) in [6, 6.07) is 0.877. The Hall–Kier alpha value is -11.9. The lowest BCUT2D eigenvalue weighted by Gasteiger charge is -2.29. The minimum Gasteiger partial charge on any atom is -0.394 e. The minimum atomic E-state index is -1.60. The Morgan fingerprint density at radius 2 is 0.661 bits per heavy atom. The monoisotopic (exact) mass is 1550 g/mol. The maximum atomic E-state index is 15.2. The highest BCUT2D eigenvalue weighted by Crippen LogP contribution is 2.20. The van der Waals surface area contributed by atoms with Crippen LogP contribution in [0.15, 0.2) is 60.8 Å². The van der Waals surface area contributed by atoms with Crippen LogP contribution in [0.3, 0.4) is 0 Å². The smallest absolute Gasteiger partial charge is 0.245 e. The summed E-state index contributed by atoms with van der Waals surface area (Å²) >= 11 is 1.32. The first-order chi connectivity index (χ1) is 51.8. The zero-order valence-corrected chi connectivity index (χ0v) is 62.0. The molecule has 1 heterocycles. The molecule has 0 bridgehead atoms. The number of thioether (sulfide) groups is 1. The number of aliphatic hydroxyl groups excluding tert-OH is 1. The second kappa shape index (κ2) is 49.8. The average molecular weight is 1550 g/mol. The van der Waals surface area contributed by atoms with Crippen LogP contribution in [-0.4, -0.2) is 229 Å². The number of hydrogen-bond acceptors (Lipinski definition) is 19. The Morgan fingerprint density at radius 1 is 0.376 bits per heavy atom. The van der Waals surface area contributed by atoms with Crippen molar-refractivity contribution in [3.63, 3.8) is 0 Å². The van der Waals surface area contributed by atoms with Crippen LogP contribution in [0.5, 0.6) is 0 Å². The predicted octanol–water partition coefficient (Wildman–Crippen LogP) is -7.37. The standard InChI is InChI=1S/C66H110N30O12S/c1-36(98)87-50(35-97)60(108)95-48(32-37-14-4-3-5-15-37)58(106)94-47(24-31-109-2)57(105)92-44(21-11-28-83-64(74)75)54(102)90-43(20-10-27-82-63(72)73)53(101)91-46(23-13-30-85-66(78)79)56(104)96-49(33-38-34-86-40-17-7-6-16-39(38)40)59(107)93-45(22-12-29-84-65(76)77)55(103)89-42(19-9-26-81-62(70)71)52(100)88-41(51(67)99)18-8-25-80-61(68)69/h3-7,14-17,34,41-50,86,97H,8-13,18-33,35H2,1-2H3,(H2,67,99)(H,87,98)(H,88,100)(H,89,103)(H,90,102)(H,91,101)(H,92,105)(H,93,107)(H,94,106)(H,95,108)(H,96,104)(H4,68,69,80)(H4,70,71,81)(H4,72,73,82)(H4,74,75,83)(H4,76,77,84)(H4,78,79,85)/t41-,42-,43-,44-,45-,46-,47-,48-,49-,50-/m1/s1. The number of primary amides is 1. The van der Waals surface area contributed by atoms with E-state index < -0.39 is 156 Å². The number of aromatic amines is 1. The first-order valence-corrected chi connectivity index (χ1v) is 36.7. The molecule has 0 spiro atoms. The van der Waals surface area contributed by atoms with E-state index in [1.54, 1.807) is 67.0 Å². The van der Waals surface area contributed by atoms with Crippen LogP contribution in [0.2, 0.25) is 0 Å². The van der Waals surface area contributed by atoms with E-state index in [0.717, 1.165) is 6.92 Å². The van der Waals surface area contributed by atoms with Crippen LogP contribution in [0.25, 0.3) is 10.9 Å². The molecule has 0 saturated heterocycles. The number of carbonyl (C=O) groups is 11. The van der Waals surface area contributed by atoms with Crippen molar-refractivity contribution in [2.75, 3.05) is 57.9 Å². The topological polar surface area (TPSA) is 742 Å².